The number of hydrogen-bond acceptors (Lipinski definition) is 2. The van der Waals surface area contributed by atoms with Crippen molar-refractivity contribution in [1.29, 1.82) is 0 Å². The number of carboxylic acids is 1. The molecule has 0 fully saturated rings. The van der Waals surface area contributed by atoms with Crippen LogP contribution in [0.5, 0.6) is 0 Å². The summed E-state index contributed by atoms with van der Waals surface area (Å²) in [6.07, 6.45) is 0. The molecule has 1 amide bonds. The van der Waals surface area contributed by atoms with Crippen molar-refractivity contribution >= 4 is 17.6 Å². The topological polar surface area (TPSA) is 66.4 Å². The molecule has 0 radical (unpaired) electrons. The highest BCUT2D eigenvalue weighted by Gasteiger charge is 2.26. The molecule has 4 nitrogen and oxygen atoms in total. The molecule has 1 aromatic carbocycles. The molecule has 1 aromatic rings. The molecule has 0 bridgehead atoms. The van der Waals surface area contributed by atoms with Crippen LogP contribution in [0.3, 0.4) is 0 Å². The van der Waals surface area contributed by atoms with Crippen LogP contribution in [-0.2, 0) is 4.79 Å². The van der Waals surface area contributed by atoms with Crippen molar-refractivity contribution in [3.05, 3.63) is 29.3 Å². The van der Waals surface area contributed by atoms with Gasteiger partial charge in [-0.05, 0) is 30.0 Å². The Labute approximate surface area is 113 Å². The summed E-state index contributed by atoms with van der Waals surface area (Å²) in [5, 5.41) is 11.8. The van der Waals surface area contributed by atoms with Crippen molar-refractivity contribution in [2.24, 2.45) is 11.3 Å². The predicted molar refractivity (Wildman–Crippen MR) is 75.4 cm³/mol. The van der Waals surface area contributed by atoms with Gasteiger partial charge in [-0.25, -0.2) is 4.79 Å². The predicted octanol–water partition coefficient (Wildman–Crippen LogP) is 3.31. The first-order valence-corrected chi connectivity index (χ1v) is 6.27. The van der Waals surface area contributed by atoms with E-state index in [1.54, 1.807) is 19.1 Å². The molecule has 0 heterocycles. The van der Waals surface area contributed by atoms with E-state index in [0.717, 1.165) is 0 Å². The summed E-state index contributed by atoms with van der Waals surface area (Å²) < 4.78 is 0. The van der Waals surface area contributed by atoms with Crippen molar-refractivity contribution in [3.8, 4) is 0 Å². The monoisotopic (exact) mass is 263 g/mol. The summed E-state index contributed by atoms with van der Waals surface area (Å²) in [5.74, 6) is -1.26. The second kappa shape index (κ2) is 5.43. The van der Waals surface area contributed by atoms with Gasteiger partial charge in [-0.15, -0.1) is 0 Å². The maximum Gasteiger partial charge on any atom is 0.336 e. The van der Waals surface area contributed by atoms with Gasteiger partial charge in [0.25, 0.3) is 0 Å². The zero-order chi connectivity index (χ0) is 14.8. The van der Waals surface area contributed by atoms with Crippen LogP contribution in [0, 0.1) is 18.3 Å². The standard InChI is InChI=1S/C15H21NO3/c1-9-6-7-11(8-12(9)14(18)19)16-13(17)10(2)15(3,4)5/h6-8,10H,1-5H3,(H,16,17)(H,18,19). The second-order valence-corrected chi connectivity index (χ2v) is 5.91. The first-order chi connectivity index (χ1) is 8.62. The summed E-state index contributed by atoms with van der Waals surface area (Å²) >= 11 is 0. The van der Waals surface area contributed by atoms with Gasteiger partial charge in [0, 0.05) is 11.6 Å². The number of carbonyl (C=O) groups excluding carboxylic acids is 1. The molecule has 0 saturated heterocycles. The van der Waals surface area contributed by atoms with Gasteiger partial charge in [0.15, 0.2) is 0 Å². The Kier molecular flexibility index (Phi) is 4.35. The van der Waals surface area contributed by atoms with Gasteiger partial charge >= 0.3 is 5.97 Å². The van der Waals surface area contributed by atoms with E-state index in [1.807, 2.05) is 27.7 Å². The number of carbonyl (C=O) groups is 2. The SMILES string of the molecule is Cc1ccc(NC(=O)C(C)C(C)(C)C)cc1C(=O)O. The minimum atomic E-state index is -0.988. The van der Waals surface area contributed by atoms with E-state index >= 15 is 0 Å². The third-order valence-electron chi connectivity index (χ3n) is 3.43. The lowest BCUT2D eigenvalue weighted by molar-refractivity contribution is -0.122. The average molecular weight is 263 g/mol. The molecule has 0 saturated carbocycles. The van der Waals surface area contributed by atoms with E-state index < -0.39 is 5.97 Å². The maximum atomic E-state index is 12.1. The first-order valence-electron chi connectivity index (χ1n) is 6.27. The normalized spacial score (nSPS) is 12.9. The quantitative estimate of drug-likeness (QED) is 0.879. The number of hydrogen-bond donors (Lipinski definition) is 2. The second-order valence-electron chi connectivity index (χ2n) is 5.91. The van der Waals surface area contributed by atoms with E-state index in [-0.39, 0.29) is 22.8 Å². The zero-order valence-electron chi connectivity index (χ0n) is 12.1. The first kappa shape index (κ1) is 15.2. The van der Waals surface area contributed by atoms with Crippen LogP contribution >= 0.6 is 0 Å². The van der Waals surface area contributed by atoms with Crippen LogP contribution < -0.4 is 5.32 Å². The molecule has 0 spiro atoms. The fourth-order valence-electron chi connectivity index (χ4n) is 1.57. The number of benzene rings is 1. The highest BCUT2D eigenvalue weighted by Crippen LogP contribution is 2.26. The van der Waals surface area contributed by atoms with E-state index in [1.165, 1.54) is 6.07 Å². The minimum absolute atomic E-state index is 0.104. The van der Waals surface area contributed by atoms with Gasteiger partial charge in [-0.2, -0.15) is 0 Å². The van der Waals surface area contributed by atoms with Crippen molar-refractivity contribution in [2.45, 2.75) is 34.6 Å². The maximum absolute atomic E-state index is 12.1. The smallest absolute Gasteiger partial charge is 0.336 e. The molecule has 0 aromatic heterocycles. The summed E-state index contributed by atoms with van der Waals surface area (Å²) in [4.78, 5) is 23.1. The highest BCUT2D eigenvalue weighted by molar-refractivity contribution is 5.95. The summed E-state index contributed by atoms with van der Waals surface area (Å²) in [5.41, 5.74) is 1.27. The van der Waals surface area contributed by atoms with Gasteiger partial charge in [-0.1, -0.05) is 33.8 Å². The lowest BCUT2D eigenvalue weighted by atomic mass is 9.81. The molecular weight excluding hydrogens is 242 g/mol. The lowest BCUT2D eigenvalue weighted by Crippen LogP contribution is -2.30. The van der Waals surface area contributed by atoms with E-state index in [2.05, 4.69) is 5.32 Å². The van der Waals surface area contributed by atoms with Crippen LogP contribution in [0.4, 0.5) is 5.69 Å². The van der Waals surface area contributed by atoms with Crippen LogP contribution in [0.15, 0.2) is 18.2 Å². The Morgan fingerprint density at radius 1 is 1.26 bits per heavy atom. The molecule has 2 N–H and O–H groups in total. The molecule has 1 unspecified atom stereocenters. The van der Waals surface area contributed by atoms with Gasteiger partial charge in [0.05, 0.1) is 5.56 Å². The van der Waals surface area contributed by atoms with Crippen LogP contribution in [0.25, 0.3) is 0 Å². The molecular formula is C15H21NO3. The van der Waals surface area contributed by atoms with Crippen molar-refractivity contribution in [1.82, 2.24) is 0 Å². The Morgan fingerprint density at radius 2 is 1.84 bits per heavy atom. The third kappa shape index (κ3) is 3.81. The van der Waals surface area contributed by atoms with Crippen molar-refractivity contribution < 1.29 is 14.7 Å². The van der Waals surface area contributed by atoms with Crippen LogP contribution in [0.1, 0.15) is 43.6 Å². The minimum Gasteiger partial charge on any atom is -0.478 e. The van der Waals surface area contributed by atoms with E-state index in [9.17, 15) is 9.59 Å². The van der Waals surface area contributed by atoms with E-state index in [0.29, 0.717) is 11.3 Å². The number of aryl methyl sites for hydroxylation is 1. The summed E-state index contributed by atoms with van der Waals surface area (Å²) in [7, 11) is 0. The largest absolute Gasteiger partial charge is 0.478 e. The van der Waals surface area contributed by atoms with Gasteiger partial charge < -0.3 is 10.4 Å². The molecule has 19 heavy (non-hydrogen) atoms. The van der Waals surface area contributed by atoms with Crippen LogP contribution in [-0.4, -0.2) is 17.0 Å². The number of amides is 1. The number of carboxylic acid groups (broad SMARTS) is 1. The number of rotatable bonds is 3. The molecule has 0 aliphatic rings. The Morgan fingerprint density at radius 3 is 2.32 bits per heavy atom. The molecule has 1 rings (SSSR count). The lowest BCUT2D eigenvalue weighted by Gasteiger charge is -2.26. The molecule has 4 heteroatoms. The number of nitrogens with one attached hydrogen (secondary N) is 1. The van der Waals surface area contributed by atoms with Crippen LogP contribution in [0.2, 0.25) is 0 Å². The Bertz CT molecular complexity index is 501. The average Bonchev–Trinajstić information content (AvgIpc) is 2.29. The van der Waals surface area contributed by atoms with Gasteiger partial charge in [-0.3, -0.25) is 4.79 Å². The van der Waals surface area contributed by atoms with Crippen molar-refractivity contribution in [3.63, 3.8) is 0 Å². The molecule has 0 aliphatic carbocycles. The number of anilines is 1. The van der Waals surface area contributed by atoms with E-state index in [4.69, 9.17) is 5.11 Å². The summed E-state index contributed by atoms with van der Waals surface area (Å²) in [6.45, 7) is 9.58. The Balaban J connectivity index is 2.92. The van der Waals surface area contributed by atoms with Gasteiger partial charge in [0.1, 0.15) is 0 Å². The Hall–Kier alpha value is -1.84. The third-order valence-corrected chi connectivity index (χ3v) is 3.43. The summed E-state index contributed by atoms with van der Waals surface area (Å²) in [6, 6.07) is 4.90. The van der Waals surface area contributed by atoms with Crippen molar-refractivity contribution in [2.75, 3.05) is 5.32 Å². The number of aromatic carboxylic acids is 1. The fourth-order valence-corrected chi connectivity index (χ4v) is 1.57. The van der Waals surface area contributed by atoms with Gasteiger partial charge in [0.2, 0.25) is 5.91 Å². The molecule has 1 atom stereocenters. The molecule has 0 aliphatic heterocycles. The molecule has 104 valence electrons. The highest BCUT2D eigenvalue weighted by atomic mass is 16.4. The fraction of sp³-hybridized carbons (Fsp3) is 0.467. The zero-order valence-corrected chi connectivity index (χ0v) is 12.1.